The summed E-state index contributed by atoms with van der Waals surface area (Å²) in [6.45, 7) is 0. The molecule has 3 aromatic rings. The van der Waals surface area contributed by atoms with E-state index in [-0.39, 0.29) is 41.1 Å². The van der Waals surface area contributed by atoms with Gasteiger partial charge in [-0.1, -0.05) is 0 Å². The van der Waals surface area contributed by atoms with Crippen LogP contribution in [0.2, 0.25) is 0 Å². The summed E-state index contributed by atoms with van der Waals surface area (Å²) in [5.41, 5.74) is -0.609. The number of carboxylic acids is 2. The Kier molecular flexibility index (Phi) is 10.5. The number of alkyl halides is 3. The Labute approximate surface area is 248 Å². The summed E-state index contributed by atoms with van der Waals surface area (Å²) < 4.78 is 29.7. The summed E-state index contributed by atoms with van der Waals surface area (Å²) >= 11 is 9.45. The number of hydrogen-bond donors (Lipinski definition) is 2. The van der Waals surface area contributed by atoms with Crippen LogP contribution in [-0.4, -0.2) is 46.8 Å². The Morgan fingerprint density at radius 1 is 1.00 bits per heavy atom. The van der Waals surface area contributed by atoms with Gasteiger partial charge in [0.25, 0.3) is 5.16 Å². The van der Waals surface area contributed by atoms with Gasteiger partial charge >= 0.3 is 41.5 Å². The number of sulfone groups is 1. The maximum absolute atomic E-state index is 13.1. The maximum atomic E-state index is 13.1. The Balaban J connectivity index is 0.00000432. The number of carbonyl (C=O) groups is 2. The van der Waals surface area contributed by atoms with E-state index >= 15 is 0 Å². The number of aromatic carboxylic acids is 2. The van der Waals surface area contributed by atoms with Crippen molar-refractivity contribution in [2.24, 2.45) is 0 Å². The molecule has 12 nitrogen and oxygen atoms in total. The van der Waals surface area contributed by atoms with Crippen molar-refractivity contribution in [1.82, 2.24) is 14.8 Å². The third kappa shape index (κ3) is 6.72. The molecule has 0 fully saturated rings. The molecule has 0 aliphatic rings. The standard InChI is InChI=1S/C17H10Br3N3O9S2.Na/c18-17(19,20)34(29,30)16-22-21-13(8-1-3-12(4-2-8)33-32-31-28)23(16)11-6-9(14(24)25)5-10(7-11)15(26)27;/h1-7,28H,(H,24,25)(H,26,27);/q;+1/p-1. The van der Waals surface area contributed by atoms with Gasteiger partial charge in [0.1, 0.15) is 0 Å². The van der Waals surface area contributed by atoms with Crippen molar-refractivity contribution >= 4 is 81.6 Å². The van der Waals surface area contributed by atoms with E-state index in [9.17, 15) is 33.5 Å². The second-order valence-electron chi connectivity index (χ2n) is 6.21. The van der Waals surface area contributed by atoms with Crippen molar-refractivity contribution in [1.29, 1.82) is 0 Å². The summed E-state index contributed by atoms with van der Waals surface area (Å²) in [6, 6.07) is 9.11. The second kappa shape index (κ2) is 12.1. The van der Waals surface area contributed by atoms with Gasteiger partial charge in [0.2, 0.25) is 11.3 Å². The molecule has 0 amide bonds. The normalized spacial score (nSPS) is 11.7. The molecule has 2 N–H and O–H groups in total. The van der Waals surface area contributed by atoms with Gasteiger partial charge in [0.15, 0.2) is 5.82 Å². The van der Waals surface area contributed by atoms with E-state index in [4.69, 9.17) is 0 Å². The third-order valence-corrected chi connectivity index (χ3v) is 9.90. The minimum absolute atomic E-state index is 0. The van der Waals surface area contributed by atoms with E-state index in [2.05, 4.69) is 67.4 Å². The van der Waals surface area contributed by atoms with Crippen LogP contribution >= 0.6 is 59.8 Å². The van der Waals surface area contributed by atoms with E-state index in [0.29, 0.717) is 22.5 Å². The Hall–Kier alpha value is -0.860. The van der Waals surface area contributed by atoms with E-state index in [1.54, 1.807) is 0 Å². The smallest absolute Gasteiger partial charge is 0.691 e. The summed E-state index contributed by atoms with van der Waals surface area (Å²) in [6.07, 6.45) is 0. The molecule has 0 saturated carbocycles. The molecule has 1 aromatic heterocycles. The molecular formula is C17H9Br3N3NaO9S2. The number of halogens is 3. The van der Waals surface area contributed by atoms with Gasteiger partial charge in [-0.25, -0.2) is 18.0 Å². The number of benzene rings is 2. The monoisotopic (exact) mass is 723 g/mol. The minimum Gasteiger partial charge on any atom is -0.691 e. The quantitative estimate of drug-likeness (QED) is 0.106. The summed E-state index contributed by atoms with van der Waals surface area (Å²) in [5.74, 6) is -2.91. The molecule has 0 unspecified atom stereocenters. The van der Waals surface area contributed by atoms with Crippen LogP contribution in [0.5, 0.6) is 0 Å². The summed E-state index contributed by atoms with van der Waals surface area (Å²) in [7, 11) is -4.36. The SMILES string of the molecule is O=C(O)c1cc(C(=O)O)cc(-n2c(-c3ccc(SOO[O-])cc3)nnc2S(=O)(=O)C(Br)(Br)Br)c1.[Na+]. The number of rotatable bonds is 8. The van der Waals surface area contributed by atoms with Crippen molar-refractivity contribution in [2.75, 3.05) is 0 Å². The van der Waals surface area contributed by atoms with Crippen LogP contribution in [0.15, 0.2) is 52.5 Å². The Bertz CT molecular complexity index is 1330. The van der Waals surface area contributed by atoms with Crippen LogP contribution in [-0.2, 0) is 19.2 Å². The van der Waals surface area contributed by atoms with Crippen LogP contribution in [0.25, 0.3) is 17.1 Å². The van der Waals surface area contributed by atoms with Gasteiger partial charge in [0, 0.05) is 10.5 Å². The fourth-order valence-corrected chi connectivity index (χ4v) is 5.11. The van der Waals surface area contributed by atoms with Gasteiger partial charge in [-0.2, -0.15) is 4.33 Å². The molecule has 35 heavy (non-hydrogen) atoms. The van der Waals surface area contributed by atoms with E-state index < -0.39 is 39.5 Å². The zero-order chi connectivity index (χ0) is 25.3. The molecule has 0 atom stereocenters. The van der Waals surface area contributed by atoms with Crippen LogP contribution in [0, 0.1) is 0 Å². The minimum atomic E-state index is -4.36. The average molecular weight is 726 g/mol. The predicted molar refractivity (Wildman–Crippen MR) is 125 cm³/mol. The summed E-state index contributed by atoms with van der Waals surface area (Å²) in [4.78, 5) is 23.7. The molecular weight excluding hydrogens is 717 g/mol. The summed E-state index contributed by atoms with van der Waals surface area (Å²) in [5, 5.41) is 39.3. The molecule has 0 aliphatic carbocycles. The maximum Gasteiger partial charge on any atom is 1.00 e. The van der Waals surface area contributed by atoms with Crippen LogP contribution in [0.1, 0.15) is 20.7 Å². The first kappa shape index (κ1) is 30.4. The van der Waals surface area contributed by atoms with Crippen molar-refractivity contribution < 1.29 is 72.4 Å². The van der Waals surface area contributed by atoms with Crippen LogP contribution in [0.4, 0.5) is 0 Å². The fraction of sp³-hybridized carbons (Fsp3) is 0.0588. The zero-order valence-electron chi connectivity index (χ0n) is 17.1. The van der Waals surface area contributed by atoms with Gasteiger partial charge in [0.05, 0.1) is 28.9 Å². The second-order valence-corrected chi connectivity index (χ2v) is 17.3. The number of nitrogens with zero attached hydrogens (tertiary/aromatic N) is 3. The fourth-order valence-electron chi connectivity index (χ4n) is 2.67. The van der Waals surface area contributed by atoms with Gasteiger partial charge < -0.3 is 15.5 Å². The number of aromatic nitrogens is 3. The number of carboxylic acid groups (broad SMARTS) is 2. The largest absolute Gasteiger partial charge is 1.00 e. The van der Waals surface area contributed by atoms with Gasteiger partial charge in [-0.15, -0.1) is 10.2 Å². The Morgan fingerprint density at radius 3 is 2.00 bits per heavy atom. The van der Waals surface area contributed by atoms with Crippen LogP contribution < -0.4 is 34.8 Å². The van der Waals surface area contributed by atoms with Crippen molar-refractivity contribution in [3.05, 3.63) is 53.6 Å². The molecule has 1 heterocycles. The van der Waals surface area contributed by atoms with Crippen molar-refractivity contribution in [2.45, 2.75) is 11.5 Å². The molecule has 2 aromatic carbocycles. The van der Waals surface area contributed by atoms with Crippen molar-refractivity contribution in [3.8, 4) is 17.1 Å². The van der Waals surface area contributed by atoms with Gasteiger partial charge in [-0.3, -0.25) is 9.61 Å². The van der Waals surface area contributed by atoms with Crippen LogP contribution in [0.3, 0.4) is 0 Å². The first-order valence-electron chi connectivity index (χ1n) is 8.49. The molecule has 0 spiro atoms. The van der Waals surface area contributed by atoms with E-state index in [1.807, 2.05) is 0 Å². The molecule has 18 heteroatoms. The van der Waals surface area contributed by atoms with Crippen molar-refractivity contribution in [3.63, 3.8) is 0 Å². The molecule has 3 rings (SSSR count). The average Bonchev–Trinajstić information content (AvgIpc) is 3.23. The number of hydrogen-bond acceptors (Lipinski definition) is 10. The van der Waals surface area contributed by atoms with E-state index in [1.165, 1.54) is 24.3 Å². The molecule has 0 saturated heterocycles. The first-order chi connectivity index (χ1) is 15.9. The first-order valence-corrected chi connectivity index (χ1v) is 13.1. The zero-order valence-corrected chi connectivity index (χ0v) is 25.5. The molecule has 180 valence electrons. The van der Waals surface area contributed by atoms with E-state index in [0.717, 1.165) is 22.8 Å². The topological polar surface area (TPSA) is 181 Å². The molecule has 0 radical (unpaired) electrons. The third-order valence-electron chi connectivity index (χ3n) is 4.12. The van der Waals surface area contributed by atoms with Gasteiger partial charge in [-0.05, 0) is 90.3 Å². The Morgan fingerprint density at radius 2 is 1.54 bits per heavy atom. The molecule has 0 aliphatic heterocycles. The predicted octanol–water partition coefficient (Wildman–Crippen LogP) is 0.135. The molecule has 0 bridgehead atoms.